The number of hydrogen-bond acceptors (Lipinski definition) is 6. The molecule has 1 heterocycles. The minimum absolute atomic E-state index is 0.0636. The van der Waals surface area contributed by atoms with Gasteiger partial charge in [-0.25, -0.2) is 0 Å². The van der Waals surface area contributed by atoms with Crippen LogP contribution < -0.4 is 22.1 Å². The Labute approximate surface area is 187 Å². The van der Waals surface area contributed by atoms with Gasteiger partial charge in [-0.05, 0) is 25.7 Å². The average Bonchev–Trinajstić information content (AvgIpc) is 3.17. The van der Waals surface area contributed by atoms with Crippen molar-refractivity contribution in [2.75, 3.05) is 13.1 Å². The predicted molar refractivity (Wildman–Crippen MR) is 116 cm³/mol. The van der Waals surface area contributed by atoms with Crippen LogP contribution in [0.25, 0.3) is 0 Å². The van der Waals surface area contributed by atoms with Gasteiger partial charge >= 0.3 is 5.97 Å². The smallest absolute Gasteiger partial charge is 0.305 e. The van der Waals surface area contributed by atoms with Crippen molar-refractivity contribution >= 4 is 35.9 Å². The molecule has 1 fully saturated rings. The maximum atomic E-state index is 13.0. The van der Waals surface area contributed by atoms with Crippen LogP contribution in [-0.4, -0.2) is 77.2 Å². The third-order valence-corrected chi connectivity index (χ3v) is 4.96. The lowest BCUT2D eigenvalue weighted by Gasteiger charge is -2.30. The first kappa shape index (κ1) is 26.9. The number of amides is 3. The van der Waals surface area contributed by atoms with Gasteiger partial charge in [0.1, 0.15) is 18.4 Å². The zero-order valence-corrected chi connectivity index (χ0v) is 18.8. The molecule has 0 aromatic carbocycles. The highest BCUT2D eigenvalue weighted by molar-refractivity contribution is 5.95. The summed E-state index contributed by atoms with van der Waals surface area (Å²) in [6.45, 7) is 5.48. The zero-order valence-electron chi connectivity index (χ0n) is 18.8. The van der Waals surface area contributed by atoms with E-state index in [4.69, 9.17) is 11.5 Å². The first-order valence-corrected chi connectivity index (χ1v) is 10.5. The van der Waals surface area contributed by atoms with Crippen LogP contribution in [0, 0.1) is 5.41 Å². The maximum Gasteiger partial charge on any atom is 0.305 e. The van der Waals surface area contributed by atoms with Crippen LogP contribution in [0.15, 0.2) is 4.99 Å². The van der Waals surface area contributed by atoms with E-state index in [2.05, 4.69) is 15.6 Å². The van der Waals surface area contributed by atoms with E-state index in [0.717, 1.165) is 0 Å². The molecule has 12 heteroatoms. The third-order valence-electron chi connectivity index (χ3n) is 4.96. The summed E-state index contributed by atoms with van der Waals surface area (Å²) in [5.74, 6) is -2.94. The molecular formula is C20H34N6O6. The molecule has 3 amide bonds. The fourth-order valence-corrected chi connectivity index (χ4v) is 3.23. The van der Waals surface area contributed by atoms with E-state index in [1.165, 1.54) is 4.90 Å². The summed E-state index contributed by atoms with van der Waals surface area (Å²) < 4.78 is 0. The monoisotopic (exact) mass is 454 g/mol. The minimum atomic E-state index is -1.30. The van der Waals surface area contributed by atoms with Gasteiger partial charge in [0.2, 0.25) is 17.7 Å². The number of aliphatic imine (C=N–C) groups is 1. The first-order chi connectivity index (χ1) is 14.9. The molecule has 0 bridgehead atoms. The van der Waals surface area contributed by atoms with E-state index in [-0.39, 0.29) is 12.5 Å². The second-order valence-electron chi connectivity index (χ2n) is 8.76. The number of carboxylic acids is 1. The van der Waals surface area contributed by atoms with Gasteiger partial charge in [-0.1, -0.05) is 20.8 Å². The van der Waals surface area contributed by atoms with Crippen LogP contribution in [0.3, 0.4) is 0 Å². The number of nitrogens with one attached hydrogen (secondary N) is 2. The van der Waals surface area contributed by atoms with Crippen molar-refractivity contribution in [2.45, 2.75) is 71.0 Å². The molecule has 7 N–H and O–H groups in total. The number of likely N-dealkylation sites (tertiary alicyclic amines) is 1. The van der Waals surface area contributed by atoms with E-state index in [0.29, 0.717) is 38.5 Å². The molecule has 1 saturated heterocycles. The molecule has 1 rings (SSSR count). The molecule has 1 aliphatic heterocycles. The summed E-state index contributed by atoms with van der Waals surface area (Å²) in [5, 5.41) is 14.3. The Balaban J connectivity index is 2.84. The number of carboxylic acid groups (broad SMARTS) is 1. The number of carbonyl (C=O) groups is 5. The quantitative estimate of drug-likeness (QED) is 0.110. The number of hydrogen-bond donors (Lipinski definition) is 5. The van der Waals surface area contributed by atoms with Crippen molar-refractivity contribution in [2.24, 2.45) is 21.9 Å². The van der Waals surface area contributed by atoms with Gasteiger partial charge in [0.25, 0.3) is 0 Å². The standard InChI is InChI=1S/C20H34N6O6/c1-20(2,3)18(32)25-13(10-15(28)29)17(31)26-9-5-7-14(26)16(30)24-12(11-27)6-4-8-23-19(21)22/h11-14H,4-10H2,1-3H3,(H,24,30)(H,25,32)(H,28,29)(H4,21,22,23)/t12-,13-,14-/m0/s1. The fraction of sp³-hybridized carbons (Fsp3) is 0.700. The van der Waals surface area contributed by atoms with E-state index in [1.807, 2.05) is 0 Å². The van der Waals surface area contributed by atoms with Crippen molar-refractivity contribution in [3.63, 3.8) is 0 Å². The molecule has 3 atom stereocenters. The van der Waals surface area contributed by atoms with Crippen molar-refractivity contribution < 1.29 is 29.1 Å². The second-order valence-corrected chi connectivity index (χ2v) is 8.76. The Morgan fingerprint density at radius 1 is 1.22 bits per heavy atom. The summed E-state index contributed by atoms with van der Waals surface area (Å²) in [5.41, 5.74) is 9.67. The maximum absolute atomic E-state index is 13.0. The summed E-state index contributed by atoms with van der Waals surface area (Å²) >= 11 is 0. The lowest BCUT2D eigenvalue weighted by molar-refractivity contribution is -0.146. The van der Waals surface area contributed by atoms with Crippen LogP contribution in [0.5, 0.6) is 0 Å². The second kappa shape index (κ2) is 12.0. The third kappa shape index (κ3) is 8.52. The molecule has 12 nitrogen and oxygen atoms in total. The minimum Gasteiger partial charge on any atom is -0.481 e. The molecule has 0 aromatic rings. The molecule has 32 heavy (non-hydrogen) atoms. The highest BCUT2D eigenvalue weighted by Crippen LogP contribution is 2.21. The van der Waals surface area contributed by atoms with Gasteiger partial charge < -0.3 is 36.9 Å². The fourth-order valence-electron chi connectivity index (χ4n) is 3.23. The van der Waals surface area contributed by atoms with E-state index < -0.39 is 53.7 Å². The summed E-state index contributed by atoms with van der Waals surface area (Å²) in [6.07, 6.45) is 1.68. The first-order valence-electron chi connectivity index (χ1n) is 10.5. The number of guanidine groups is 1. The molecule has 180 valence electrons. The van der Waals surface area contributed by atoms with Crippen molar-refractivity contribution in [3.8, 4) is 0 Å². The number of nitrogens with two attached hydrogens (primary N) is 2. The molecule has 0 spiro atoms. The van der Waals surface area contributed by atoms with Crippen LogP contribution >= 0.6 is 0 Å². The van der Waals surface area contributed by atoms with Crippen molar-refractivity contribution in [3.05, 3.63) is 0 Å². The van der Waals surface area contributed by atoms with E-state index in [9.17, 15) is 29.1 Å². The lowest BCUT2D eigenvalue weighted by atomic mass is 9.95. The molecule has 0 aliphatic carbocycles. The van der Waals surface area contributed by atoms with Gasteiger partial charge in [0.15, 0.2) is 5.96 Å². The van der Waals surface area contributed by atoms with Gasteiger partial charge in [0, 0.05) is 18.5 Å². The lowest BCUT2D eigenvalue weighted by Crippen LogP contribution is -2.56. The summed E-state index contributed by atoms with van der Waals surface area (Å²) in [7, 11) is 0. The SMILES string of the molecule is CC(C)(C)C(=O)N[C@@H](CC(=O)O)C(=O)N1CCC[C@H]1C(=O)N[C@H](C=O)CCCN=C(N)N. The van der Waals surface area contributed by atoms with E-state index in [1.54, 1.807) is 20.8 Å². The molecule has 1 aliphatic rings. The van der Waals surface area contributed by atoms with Crippen LogP contribution in [0.2, 0.25) is 0 Å². The highest BCUT2D eigenvalue weighted by Gasteiger charge is 2.39. The number of carbonyl (C=O) groups excluding carboxylic acids is 4. The average molecular weight is 455 g/mol. The summed E-state index contributed by atoms with van der Waals surface area (Å²) in [6, 6.07) is -2.93. The van der Waals surface area contributed by atoms with E-state index >= 15 is 0 Å². The Hall–Kier alpha value is -3.18. The van der Waals surface area contributed by atoms with Crippen molar-refractivity contribution in [1.82, 2.24) is 15.5 Å². The Bertz CT molecular complexity index is 743. The largest absolute Gasteiger partial charge is 0.481 e. The van der Waals surface area contributed by atoms with Crippen LogP contribution in [0.1, 0.15) is 52.9 Å². The number of nitrogens with zero attached hydrogens (tertiary/aromatic N) is 2. The topological polar surface area (TPSA) is 197 Å². The molecule has 0 radical (unpaired) electrons. The van der Waals surface area contributed by atoms with Crippen LogP contribution in [0.4, 0.5) is 0 Å². The highest BCUT2D eigenvalue weighted by atomic mass is 16.4. The summed E-state index contributed by atoms with van der Waals surface area (Å²) in [4.78, 5) is 65.8. The van der Waals surface area contributed by atoms with Crippen LogP contribution in [-0.2, 0) is 24.0 Å². The Morgan fingerprint density at radius 2 is 1.88 bits per heavy atom. The Kier molecular flexibility index (Phi) is 10.1. The zero-order chi connectivity index (χ0) is 24.5. The van der Waals surface area contributed by atoms with Gasteiger partial charge in [-0.3, -0.25) is 24.2 Å². The molecule has 0 saturated carbocycles. The van der Waals surface area contributed by atoms with Crippen molar-refractivity contribution in [1.29, 1.82) is 0 Å². The Morgan fingerprint density at radius 3 is 2.41 bits per heavy atom. The number of rotatable bonds is 11. The molecule has 0 aromatic heterocycles. The molecule has 0 unspecified atom stereocenters. The normalized spacial score (nSPS) is 17.7. The van der Waals surface area contributed by atoms with Gasteiger partial charge in [0.05, 0.1) is 12.5 Å². The predicted octanol–water partition coefficient (Wildman–Crippen LogP) is -1.28. The van der Waals surface area contributed by atoms with Gasteiger partial charge in [-0.15, -0.1) is 0 Å². The molecular weight excluding hydrogens is 420 g/mol. The number of aliphatic carboxylic acids is 1. The number of aldehydes is 1. The van der Waals surface area contributed by atoms with Gasteiger partial charge in [-0.2, -0.15) is 0 Å².